The van der Waals surface area contributed by atoms with Gasteiger partial charge in [0.2, 0.25) is 0 Å². The van der Waals surface area contributed by atoms with Crippen molar-refractivity contribution < 1.29 is 9.53 Å². The number of ether oxygens (including phenoxy) is 1. The van der Waals surface area contributed by atoms with Gasteiger partial charge in [0.05, 0.1) is 24.4 Å². The van der Waals surface area contributed by atoms with Crippen LogP contribution in [-0.4, -0.2) is 23.0 Å². The normalized spacial score (nSPS) is 10.6. The Morgan fingerprint density at radius 3 is 2.03 bits per heavy atom. The van der Waals surface area contributed by atoms with Gasteiger partial charge in [0.1, 0.15) is 12.0 Å². The number of nitrogen functional groups attached to an aromatic ring is 1. The lowest BCUT2D eigenvalue weighted by molar-refractivity contribution is 0.0602. The molecule has 4 N–H and O–H groups in total. The van der Waals surface area contributed by atoms with Crippen LogP contribution < -0.4 is 16.4 Å². The molecule has 0 aliphatic rings. The van der Waals surface area contributed by atoms with E-state index >= 15 is 0 Å². The second-order valence-electron chi connectivity index (χ2n) is 7.05. The first-order valence-corrected chi connectivity index (χ1v) is 10.1. The van der Waals surface area contributed by atoms with E-state index in [1.165, 1.54) is 13.4 Å². The summed E-state index contributed by atoms with van der Waals surface area (Å²) in [6, 6.07) is 27.0. The van der Waals surface area contributed by atoms with Crippen molar-refractivity contribution in [1.29, 1.82) is 0 Å². The summed E-state index contributed by atoms with van der Waals surface area (Å²) in [4.78, 5) is 20.7. The number of carbonyl (C=O) groups is 1. The standard InChI is InChI=1S/C25H23N5O2/c1-32-25(31)19-14-8-9-15-20(19)29-23-21(26)24(28-16-27-23)30-22(17-10-4-2-5-11-17)18-12-6-3-7-13-18/h2-16,22H,26H2,1H3,(H2,27,28,29,30). The largest absolute Gasteiger partial charge is 0.465 e. The number of nitrogens with one attached hydrogen (secondary N) is 2. The van der Waals surface area contributed by atoms with Gasteiger partial charge in [-0.15, -0.1) is 0 Å². The summed E-state index contributed by atoms with van der Waals surface area (Å²) in [6.45, 7) is 0. The lowest BCUT2D eigenvalue weighted by Crippen LogP contribution is -2.15. The number of rotatable bonds is 7. The Labute approximate surface area is 186 Å². The van der Waals surface area contributed by atoms with Crippen LogP contribution in [-0.2, 0) is 4.74 Å². The highest BCUT2D eigenvalue weighted by molar-refractivity contribution is 5.97. The topological polar surface area (TPSA) is 102 Å². The molecular formula is C25H23N5O2. The Morgan fingerprint density at radius 2 is 1.41 bits per heavy atom. The number of para-hydroxylation sites is 1. The molecule has 0 unspecified atom stereocenters. The van der Waals surface area contributed by atoms with E-state index in [2.05, 4.69) is 20.6 Å². The van der Waals surface area contributed by atoms with Crippen LogP contribution in [0.25, 0.3) is 0 Å². The molecule has 1 heterocycles. The van der Waals surface area contributed by atoms with Gasteiger partial charge in [0, 0.05) is 0 Å². The Hall–Kier alpha value is -4.39. The summed E-state index contributed by atoms with van der Waals surface area (Å²) < 4.78 is 4.86. The quantitative estimate of drug-likeness (QED) is 0.366. The van der Waals surface area contributed by atoms with Crippen LogP contribution in [0.3, 0.4) is 0 Å². The number of hydrogen-bond donors (Lipinski definition) is 3. The molecule has 7 heteroatoms. The van der Waals surface area contributed by atoms with E-state index in [1.54, 1.807) is 18.2 Å². The fourth-order valence-electron chi connectivity index (χ4n) is 3.40. The van der Waals surface area contributed by atoms with Gasteiger partial charge in [-0.05, 0) is 23.3 Å². The van der Waals surface area contributed by atoms with E-state index in [1.807, 2.05) is 66.7 Å². The van der Waals surface area contributed by atoms with Crippen LogP contribution in [0.1, 0.15) is 27.5 Å². The molecule has 0 spiro atoms. The number of aromatic nitrogens is 2. The van der Waals surface area contributed by atoms with Crippen molar-refractivity contribution in [3.63, 3.8) is 0 Å². The number of benzene rings is 3. The SMILES string of the molecule is COC(=O)c1ccccc1Nc1ncnc(NC(c2ccccc2)c2ccccc2)c1N. The first-order valence-electron chi connectivity index (χ1n) is 10.1. The molecule has 7 nitrogen and oxygen atoms in total. The maximum absolute atomic E-state index is 12.1. The highest BCUT2D eigenvalue weighted by atomic mass is 16.5. The first kappa shape index (κ1) is 20.9. The lowest BCUT2D eigenvalue weighted by Gasteiger charge is -2.22. The molecule has 0 saturated carbocycles. The second-order valence-corrected chi connectivity index (χ2v) is 7.05. The van der Waals surface area contributed by atoms with E-state index in [0.717, 1.165) is 11.1 Å². The van der Waals surface area contributed by atoms with Crippen molar-refractivity contribution in [2.24, 2.45) is 0 Å². The minimum absolute atomic E-state index is 0.162. The number of esters is 1. The summed E-state index contributed by atoms with van der Waals surface area (Å²) in [5.74, 6) is 0.418. The molecule has 0 aliphatic carbocycles. The van der Waals surface area contributed by atoms with Crippen LogP contribution in [0.2, 0.25) is 0 Å². The molecule has 3 aromatic carbocycles. The maximum atomic E-state index is 12.1. The van der Waals surface area contributed by atoms with Crippen molar-refractivity contribution >= 4 is 29.0 Å². The second kappa shape index (κ2) is 9.61. The molecule has 0 radical (unpaired) electrons. The molecule has 4 aromatic rings. The third-order valence-corrected chi connectivity index (χ3v) is 5.02. The minimum Gasteiger partial charge on any atom is -0.465 e. The minimum atomic E-state index is -0.452. The summed E-state index contributed by atoms with van der Waals surface area (Å²) in [7, 11) is 1.34. The zero-order valence-electron chi connectivity index (χ0n) is 17.5. The average molecular weight is 425 g/mol. The Bertz CT molecular complexity index is 1160. The van der Waals surface area contributed by atoms with Crippen molar-refractivity contribution in [1.82, 2.24) is 9.97 Å². The fraction of sp³-hybridized carbons (Fsp3) is 0.0800. The number of carbonyl (C=O) groups excluding carboxylic acids is 1. The predicted molar refractivity (Wildman–Crippen MR) is 126 cm³/mol. The van der Waals surface area contributed by atoms with Gasteiger partial charge in [-0.25, -0.2) is 14.8 Å². The molecule has 32 heavy (non-hydrogen) atoms. The zero-order valence-corrected chi connectivity index (χ0v) is 17.5. The average Bonchev–Trinajstić information content (AvgIpc) is 2.85. The third kappa shape index (κ3) is 4.52. The highest BCUT2D eigenvalue weighted by Gasteiger charge is 2.18. The van der Waals surface area contributed by atoms with Crippen molar-refractivity contribution in [3.8, 4) is 0 Å². The van der Waals surface area contributed by atoms with Gasteiger partial charge in [0.15, 0.2) is 11.6 Å². The molecular weight excluding hydrogens is 402 g/mol. The highest BCUT2D eigenvalue weighted by Crippen LogP contribution is 2.32. The van der Waals surface area contributed by atoms with Gasteiger partial charge in [0.25, 0.3) is 0 Å². The smallest absolute Gasteiger partial charge is 0.339 e. The summed E-state index contributed by atoms with van der Waals surface area (Å²) in [5.41, 5.74) is 9.83. The summed E-state index contributed by atoms with van der Waals surface area (Å²) in [6.07, 6.45) is 1.43. The Balaban J connectivity index is 1.67. The van der Waals surface area contributed by atoms with Crippen molar-refractivity contribution in [3.05, 3.63) is 108 Å². The molecule has 0 saturated heterocycles. The molecule has 0 fully saturated rings. The van der Waals surface area contributed by atoms with E-state index < -0.39 is 5.97 Å². The summed E-state index contributed by atoms with van der Waals surface area (Å²) in [5, 5.41) is 6.58. The first-order chi connectivity index (χ1) is 15.7. The maximum Gasteiger partial charge on any atom is 0.339 e. The van der Waals surface area contributed by atoms with Crippen LogP contribution in [0.15, 0.2) is 91.3 Å². The predicted octanol–water partition coefficient (Wildman–Crippen LogP) is 4.79. The number of hydrogen-bond acceptors (Lipinski definition) is 7. The zero-order chi connectivity index (χ0) is 22.3. The van der Waals surface area contributed by atoms with Gasteiger partial charge in [-0.2, -0.15) is 0 Å². The summed E-state index contributed by atoms with van der Waals surface area (Å²) >= 11 is 0. The van der Waals surface area contributed by atoms with E-state index in [4.69, 9.17) is 10.5 Å². The van der Waals surface area contributed by atoms with Gasteiger partial charge < -0.3 is 21.1 Å². The number of methoxy groups -OCH3 is 1. The van der Waals surface area contributed by atoms with E-state index in [-0.39, 0.29) is 6.04 Å². The number of anilines is 4. The van der Waals surface area contributed by atoms with Crippen LogP contribution >= 0.6 is 0 Å². The molecule has 0 atom stereocenters. The van der Waals surface area contributed by atoms with Crippen LogP contribution in [0, 0.1) is 0 Å². The van der Waals surface area contributed by atoms with Crippen molar-refractivity contribution in [2.45, 2.75) is 6.04 Å². The molecule has 0 bridgehead atoms. The van der Waals surface area contributed by atoms with E-state index in [9.17, 15) is 4.79 Å². The van der Waals surface area contributed by atoms with Crippen LogP contribution in [0.4, 0.5) is 23.0 Å². The third-order valence-electron chi connectivity index (χ3n) is 5.02. The van der Waals surface area contributed by atoms with Crippen LogP contribution in [0.5, 0.6) is 0 Å². The van der Waals surface area contributed by atoms with Gasteiger partial charge >= 0.3 is 5.97 Å². The fourth-order valence-corrected chi connectivity index (χ4v) is 3.40. The monoisotopic (exact) mass is 425 g/mol. The van der Waals surface area contributed by atoms with E-state index in [0.29, 0.717) is 28.6 Å². The molecule has 1 aromatic heterocycles. The van der Waals surface area contributed by atoms with Gasteiger partial charge in [-0.3, -0.25) is 0 Å². The Morgan fingerprint density at radius 1 is 0.844 bits per heavy atom. The van der Waals surface area contributed by atoms with Gasteiger partial charge in [-0.1, -0.05) is 72.8 Å². The van der Waals surface area contributed by atoms with Crippen molar-refractivity contribution in [2.75, 3.05) is 23.5 Å². The number of nitrogens with zero attached hydrogens (tertiary/aromatic N) is 2. The molecule has 0 aliphatic heterocycles. The Kier molecular flexibility index (Phi) is 6.27. The molecule has 160 valence electrons. The molecule has 0 amide bonds. The molecule has 4 rings (SSSR count). The number of nitrogens with two attached hydrogens (primary N) is 1. The lowest BCUT2D eigenvalue weighted by atomic mass is 9.99.